The molecule has 4 nitrogen and oxygen atoms in total. The van der Waals surface area contributed by atoms with Crippen LogP contribution in [0.15, 0.2) is 34.2 Å². The van der Waals surface area contributed by atoms with E-state index in [0.717, 1.165) is 51.6 Å². The Morgan fingerprint density at radius 3 is 2.48 bits per heavy atom. The van der Waals surface area contributed by atoms with Crippen LogP contribution >= 0.6 is 23.5 Å². The SMILES string of the molecule is CCNC(=NCC1(SC)CCOCC1)N(C)Cc1ccc(SC)cc1. The van der Waals surface area contributed by atoms with Crippen LogP contribution in [-0.4, -0.2) is 61.5 Å². The summed E-state index contributed by atoms with van der Waals surface area (Å²) < 4.78 is 5.76. The quantitative estimate of drug-likeness (QED) is 0.443. The number of benzene rings is 1. The van der Waals surface area contributed by atoms with E-state index in [0.29, 0.717) is 0 Å². The Morgan fingerprint density at radius 1 is 1.24 bits per heavy atom. The van der Waals surface area contributed by atoms with Gasteiger partial charge in [0, 0.05) is 43.0 Å². The van der Waals surface area contributed by atoms with Crippen molar-refractivity contribution in [2.75, 3.05) is 45.9 Å². The Labute approximate surface area is 161 Å². The highest BCUT2D eigenvalue weighted by atomic mass is 32.2. The lowest BCUT2D eigenvalue weighted by Crippen LogP contribution is -2.41. The molecule has 0 saturated carbocycles. The van der Waals surface area contributed by atoms with Crippen LogP contribution in [0.1, 0.15) is 25.3 Å². The second kappa shape index (κ2) is 10.3. The zero-order valence-corrected chi connectivity index (χ0v) is 17.5. The van der Waals surface area contributed by atoms with Crippen molar-refractivity contribution < 1.29 is 4.74 Å². The highest BCUT2D eigenvalue weighted by Crippen LogP contribution is 2.34. The second-order valence-corrected chi connectivity index (χ2v) is 8.53. The van der Waals surface area contributed by atoms with E-state index < -0.39 is 0 Å². The van der Waals surface area contributed by atoms with Crippen LogP contribution in [0.25, 0.3) is 0 Å². The molecule has 0 radical (unpaired) electrons. The van der Waals surface area contributed by atoms with Crippen LogP contribution in [0.2, 0.25) is 0 Å². The summed E-state index contributed by atoms with van der Waals surface area (Å²) >= 11 is 3.71. The molecule has 1 aliphatic heterocycles. The summed E-state index contributed by atoms with van der Waals surface area (Å²) in [6.07, 6.45) is 6.47. The maximum absolute atomic E-state index is 5.54. The van der Waals surface area contributed by atoms with Crippen molar-refractivity contribution >= 4 is 29.5 Å². The van der Waals surface area contributed by atoms with Crippen LogP contribution in [0, 0.1) is 0 Å². The van der Waals surface area contributed by atoms with Crippen molar-refractivity contribution in [3.63, 3.8) is 0 Å². The third-order valence-corrected chi connectivity index (χ3v) is 6.78. The molecule has 1 aliphatic rings. The molecule has 0 bridgehead atoms. The van der Waals surface area contributed by atoms with Crippen molar-refractivity contribution in [3.8, 4) is 0 Å². The first-order chi connectivity index (χ1) is 12.1. The maximum Gasteiger partial charge on any atom is 0.194 e. The molecule has 0 amide bonds. The van der Waals surface area contributed by atoms with Gasteiger partial charge in [-0.15, -0.1) is 11.8 Å². The molecule has 6 heteroatoms. The smallest absolute Gasteiger partial charge is 0.194 e. The number of rotatable bonds is 7. The highest BCUT2D eigenvalue weighted by molar-refractivity contribution is 8.00. The number of aliphatic imine (C=N–C) groups is 1. The molecule has 0 aromatic heterocycles. The van der Waals surface area contributed by atoms with Gasteiger partial charge in [0.1, 0.15) is 0 Å². The van der Waals surface area contributed by atoms with E-state index in [-0.39, 0.29) is 4.75 Å². The van der Waals surface area contributed by atoms with E-state index in [1.54, 1.807) is 11.8 Å². The molecule has 0 unspecified atom stereocenters. The number of nitrogens with one attached hydrogen (secondary N) is 1. The minimum Gasteiger partial charge on any atom is -0.381 e. The van der Waals surface area contributed by atoms with Crippen molar-refractivity contribution in [2.24, 2.45) is 4.99 Å². The fourth-order valence-corrected chi connectivity index (χ4v) is 4.12. The second-order valence-electron chi connectivity index (χ2n) is 6.37. The monoisotopic (exact) mass is 381 g/mol. The van der Waals surface area contributed by atoms with Crippen LogP contribution in [0.3, 0.4) is 0 Å². The maximum atomic E-state index is 5.54. The van der Waals surface area contributed by atoms with Gasteiger partial charge >= 0.3 is 0 Å². The van der Waals surface area contributed by atoms with Gasteiger partial charge in [-0.05, 0) is 50.0 Å². The first kappa shape index (κ1) is 20.5. The molecular formula is C19H31N3OS2. The van der Waals surface area contributed by atoms with Gasteiger partial charge in [0.15, 0.2) is 5.96 Å². The lowest BCUT2D eigenvalue weighted by atomic mass is 9.99. The van der Waals surface area contributed by atoms with Crippen molar-refractivity contribution in [3.05, 3.63) is 29.8 Å². The lowest BCUT2D eigenvalue weighted by molar-refractivity contribution is 0.0793. The molecule has 1 aromatic carbocycles. The normalized spacial score (nSPS) is 17.4. The number of ether oxygens (including phenoxy) is 1. The summed E-state index contributed by atoms with van der Waals surface area (Å²) in [6, 6.07) is 8.77. The van der Waals surface area contributed by atoms with Gasteiger partial charge in [0.25, 0.3) is 0 Å². The molecule has 1 aromatic rings. The predicted molar refractivity (Wildman–Crippen MR) is 112 cm³/mol. The van der Waals surface area contributed by atoms with E-state index in [9.17, 15) is 0 Å². The van der Waals surface area contributed by atoms with Crippen LogP contribution in [0.5, 0.6) is 0 Å². The zero-order chi connectivity index (χ0) is 18.1. The third-order valence-electron chi connectivity index (χ3n) is 4.63. The zero-order valence-electron chi connectivity index (χ0n) is 15.9. The van der Waals surface area contributed by atoms with Crippen LogP contribution in [0.4, 0.5) is 0 Å². The van der Waals surface area contributed by atoms with E-state index in [2.05, 4.69) is 61.0 Å². The molecule has 1 heterocycles. The summed E-state index contributed by atoms with van der Waals surface area (Å²) in [5.41, 5.74) is 1.30. The molecular weight excluding hydrogens is 350 g/mol. The molecule has 0 spiro atoms. The van der Waals surface area contributed by atoms with E-state index in [1.165, 1.54) is 10.5 Å². The van der Waals surface area contributed by atoms with Gasteiger partial charge in [-0.3, -0.25) is 4.99 Å². The number of hydrogen-bond donors (Lipinski definition) is 1. The Morgan fingerprint density at radius 2 is 1.92 bits per heavy atom. The molecule has 0 aliphatic carbocycles. The minimum absolute atomic E-state index is 0.222. The van der Waals surface area contributed by atoms with E-state index in [1.807, 2.05) is 11.8 Å². The van der Waals surface area contributed by atoms with Gasteiger partial charge in [0.2, 0.25) is 0 Å². The summed E-state index contributed by atoms with van der Waals surface area (Å²) in [4.78, 5) is 8.47. The molecule has 1 N–H and O–H groups in total. The molecule has 1 saturated heterocycles. The summed E-state index contributed by atoms with van der Waals surface area (Å²) in [7, 11) is 2.11. The molecule has 0 atom stereocenters. The fraction of sp³-hybridized carbons (Fsp3) is 0.632. The number of nitrogens with zero attached hydrogens (tertiary/aromatic N) is 2. The Hall–Kier alpha value is -0.850. The van der Waals surface area contributed by atoms with Crippen molar-refractivity contribution in [1.29, 1.82) is 0 Å². The molecule has 25 heavy (non-hydrogen) atoms. The molecule has 2 rings (SSSR count). The number of thioether (sulfide) groups is 2. The highest BCUT2D eigenvalue weighted by Gasteiger charge is 2.31. The Bertz CT molecular complexity index is 542. The molecule has 1 fully saturated rings. The predicted octanol–water partition coefficient (Wildman–Crippen LogP) is 3.72. The Kier molecular flexibility index (Phi) is 8.46. The fourth-order valence-electron chi connectivity index (χ4n) is 2.94. The number of hydrogen-bond acceptors (Lipinski definition) is 4. The summed E-state index contributed by atoms with van der Waals surface area (Å²) in [5.74, 6) is 0.983. The van der Waals surface area contributed by atoms with Gasteiger partial charge in [-0.25, -0.2) is 0 Å². The number of guanidine groups is 1. The van der Waals surface area contributed by atoms with E-state index >= 15 is 0 Å². The third kappa shape index (κ3) is 6.12. The topological polar surface area (TPSA) is 36.9 Å². The average molecular weight is 382 g/mol. The summed E-state index contributed by atoms with van der Waals surface area (Å²) in [5, 5.41) is 3.44. The van der Waals surface area contributed by atoms with Crippen molar-refractivity contribution in [1.82, 2.24) is 10.2 Å². The standard InChI is InChI=1S/C19H31N3OS2/c1-5-20-18(21-15-19(25-4)10-12-23-13-11-19)22(2)14-16-6-8-17(24-3)9-7-16/h6-9H,5,10-15H2,1-4H3,(H,20,21). The summed E-state index contributed by atoms with van der Waals surface area (Å²) in [6.45, 7) is 6.40. The first-order valence-corrected chi connectivity index (χ1v) is 11.3. The largest absolute Gasteiger partial charge is 0.381 e. The van der Waals surface area contributed by atoms with Gasteiger partial charge in [-0.2, -0.15) is 11.8 Å². The van der Waals surface area contributed by atoms with Gasteiger partial charge in [-0.1, -0.05) is 12.1 Å². The lowest BCUT2D eigenvalue weighted by Gasteiger charge is -2.34. The van der Waals surface area contributed by atoms with Gasteiger partial charge < -0.3 is 15.0 Å². The van der Waals surface area contributed by atoms with Crippen LogP contribution < -0.4 is 5.32 Å². The van der Waals surface area contributed by atoms with Crippen molar-refractivity contribution in [2.45, 2.75) is 36.0 Å². The van der Waals surface area contributed by atoms with Crippen LogP contribution in [-0.2, 0) is 11.3 Å². The minimum atomic E-state index is 0.222. The first-order valence-electron chi connectivity index (χ1n) is 8.88. The average Bonchev–Trinajstić information content (AvgIpc) is 2.66. The molecule has 140 valence electrons. The van der Waals surface area contributed by atoms with Gasteiger partial charge in [0.05, 0.1) is 6.54 Å². The van der Waals surface area contributed by atoms with E-state index in [4.69, 9.17) is 9.73 Å². The Balaban J connectivity index is 2.03.